The number of rotatable bonds is 7. The average Bonchev–Trinajstić information content (AvgIpc) is 2.73. The highest BCUT2D eigenvalue weighted by Crippen LogP contribution is 2.22. The summed E-state index contributed by atoms with van der Waals surface area (Å²) in [4.78, 5) is 30.7. The standard InChI is InChI=1S/C21H30ClN3O4/c1-17-15-18(22)4-5-19(17)29-12-2-3-20(26)24-6-8-25(9-7-24)21(27)16-23-10-13-28-14-11-23/h4-5,15H,2-3,6-14,16H2,1H3. The molecule has 2 fully saturated rings. The Morgan fingerprint density at radius 2 is 1.69 bits per heavy atom. The average molecular weight is 424 g/mol. The third-order valence-corrected chi connectivity index (χ3v) is 5.61. The first-order chi connectivity index (χ1) is 14.0. The van der Waals surface area contributed by atoms with E-state index in [0.29, 0.717) is 70.4 Å². The largest absolute Gasteiger partial charge is 0.493 e. The minimum atomic E-state index is 0.127. The first-order valence-corrected chi connectivity index (χ1v) is 10.7. The maximum atomic E-state index is 12.5. The number of carbonyl (C=O) groups is 2. The molecule has 0 unspecified atom stereocenters. The quantitative estimate of drug-likeness (QED) is 0.626. The number of hydrogen-bond donors (Lipinski definition) is 0. The van der Waals surface area contributed by atoms with Gasteiger partial charge in [-0.3, -0.25) is 14.5 Å². The summed E-state index contributed by atoms with van der Waals surface area (Å²) < 4.78 is 11.1. The van der Waals surface area contributed by atoms with Gasteiger partial charge in [0.25, 0.3) is 0 Å². The Bertz CT molecular complexity index is 701. The van der Waals surface area contributed by atoms with Crippen LogP contribution in [0.1, 0.15) is 18.4 Å². The van der Waals surface area contributed by atoms with Crippen molar-refractivity contribution in [3.63, 3.8) is 0 Å². The van der Waals surface area contributed by atoms with Crippen molar-refractivity contribution in [1.82, 2.24) is 14.7 Å². The van der Waals surface area contributed by atoms with E-state index in [1.165, 1.54) is 0 Å². The number of piperazine rings is 1. The van der Waals surface area contributed by atoms with Gasteiger partial charge in [-0.25, -0.2) is 0 Å². The number of amides is 2. The molecule has 0 N–H and O–H groups in total. The maximum Gasteiger partial charge on any atom is 0.236 e. The van der Waals surface area contributed by atoms with Crippen LogP contribution in [0.2, 0.25) is 5.02 Å². The first-order valence-electron chi connectivity index (χ1n) is 10.3. The van der Waals surface area contributed by atoms with E-state index in [4.69, 9.17) is 21.1 Å². The van der Waals surface area contributed by atoms with Crippen LogP contribution in [0.3, 0.4) is 0 Å². The van der Waals surface area contributed by atoms with Gasteiger partial charge in [0.2, 0.25) is 11.8 Å². The zero-order valence-electron chi connectivity index (χ0n) is 17.1. The van der Waals surface area contributed by atoms with Crippen LogP contribution in [-0.4, -0.2) is 92.1 Å². The summed E-state index contributed by atoms with van der Waals surface area (Å²) in [5, 5.41) is 0.688. The van der Waals surface area contributed by atoms with Crippen LogP contribution in [0.5, 0.6) is 5.75 Å². The van der Waals surface area contributed by atoms with Crippen molar-refractivity contribution in [1.29, 1.82) is 0 Å². The summed E-state index contributed by atoms with van der Waals surface area (Å²) in [7, 11) is 0. The molecule has 0 aliphatic carbocycles. The van der Waals surface area contributed by atoms with Crippen molar-refractivity contribution < 1.29 is 19.1 Å². The molecule has 2 amide bonds. The lowest BCUT2D eigenvalue weighted by molar-refractivity contribution is -0.140. The molecule has 7 nitrogen and oxygen atoms in total. The van der Waals surface area contributed by atoms with Gasteiger partial charge in [-0.05, 0) is 37.1 Å². The van der Waals surface area contributed by atoms with E-state index in [-0.39, 0.29) is 11.8 Å². The zero-order valence-corrected chi connectivity index (χ0v) is 17.8. The van der Waals surface area contributed by atoms with Crippen molar-refractivity contribution in [3.05, 3.63) is 28.8 Å². The van der Waals surface area contributed by atoms with Crippen LogP contribution < -0.4 is 4.74 Å². The van der Waals surface area contributed by atoms with Gasteiger partial charge in [0.1, 0.15) is 5.75 Å². The SMILES string of the molecule is Cc1cc(Cl)ccc1OCCCC(=O)N1CCN(C(=O)CN2CCOCC2)CC1. The second kappa shape index (κ2) is 10.8. The predicted octanol–water partition coefficient (Wildman–Crippen LogP) is 1.81. The molecule has 2 heterocycles. The van der Waals surface area contributed by atoms with Crippen LogP contribution in [-0.2, 0) is 14.3 Å². The Labute approximate surface area is 177 Å². The number of ether oxygens (including phenoxy) is 2. The van der Waals surface area contributed by atoms with E-state index in [1.807, 2.05) is 28.9 Å². The molecule has 1 aromatic rings. The molecule has 0 atom stereocenters. The van der Waals surface area contributed by atoms with Gasteiger partial charge >= 0.3 is 0 Å². The molecule has 8 heteroatoms. The molecule has 0 radical (unpaired) electrons. The maximum absolute atomic E-state index is 12.5. The van der Waals surface area contributed by atoms with Gasteiger partial charge in [0, 0.05) is 50.7 Å². The summed E-state index contributed by atoms with van der Waals surface area (Å²) in [6.45, 7) is 8.30. The minimum Gasteiger partial charge on any atom is -0.493 e. The van der Waals surface area contributed by atoms with Crippen molar-refractivity contribution in [2.24, 2.45) is 0 Å². The number of aryl methyl sites for hydroxylation is 1. The number of benzene rings is 1. The normalized spacial score (nSPS) is 18.0. The fraction of sp³-hybridized carbons (Fsp3) is 0.619. The number of nitrogens with zero attached hydrogens (tertiary/aromatic N) is 3. The van der Waals surface area contributed by atoms with E-state index < -0.39 is 0 Å². The Morgan fingerprint density at radius 3 is 2.34 bits per heavy atom. The third-order valence-electron chi connectivity index (χ3n) is 5.38. The number of hydrogen-bond acceptors (Lipinski definition) is 5. The fourth-order valence-corrected chi connectivity index (χ4v) is 3.82. The molecule has 0 spiro atoms. The van der Waals surface area contributed by atoms with Crippen molar-refractivity contribution in [2.45, 2.75) is 19.8 Å². The lowest BCUT2D eigenvalue weighted by Crippen LogP contribution is -2.53. The van der Waals surface area contributed by atoms with Crippen molar-refractivity contribution >= 4 is 23.4 Å². The Balaban J connectivity index is 1.32. The molecule has 0 aromatic heterocycles. The monoisotopic (exact) mass is 423 g/mol. The summed E-state index contributed by atoms with van der Waals surface area (Å²) in [5.74, 6) is 1.07. The molecule has 3 rings (SSSR count). The molecular weight excluding hydrogens is 394 g/mol. The fourth-order valence-electron chi connectivity index (χ4n) is 3.59. The first kappa shape index (κ1) is 21.9. The highest BCUT2D eigenvalue weighted by atomic mass is 35.5. The Morgan fingerprint density at radius 1 is 1.03 bits per heavy atom. The van der Waals surface area contributed by atoms with Gasteiger partial charge in [0.05, 0.1) is 26.4 Å². The Hall–Kier alpha value is -1.83. The van der Waals surface area contributed by atoms with Gasteiger partial charge in [0.15, 0.2) is 0 Å². The summed E-state index contributed by atoms with van der Waals surface area (Å²) in [6, 6.07) is 5.52. The topological polar surface area (TPSA) is 62.3 Å². The third kappa shape index (κ3) is 6.59. The van der Waals surface area contributed by atoms with Crippen LogP contribution in [0.15, 0.2) is 18.2 Å². The number of halogens is 1. The number of morpholine rings is 1. The van der Waals surface area contributed by atoms with Crippen molar-refractivity contribution in [3.8, 4) is 5.75 Å². The molecule has 2 aliphatic rings. The van der Waals surface area contributed by atoms with Gasteiger partial charge in [-0.15, -0.1) is 0 Å². The van der Waals surface area contributed by atoms with Crippen LogP contribution in [0.4, 0.5) is 0 Å². The van der Waals surface area contributed by atoms with E-state index in [2.05, 4.69) is 4.90 Å². The van der Waals surface area contributed by atoms with E-state index in [1.54, 1.807) is 6.07 Å². The Kier molecular flexibility index (Phi) is 8.15. The van der Waals surface area contributed by atoms with Gasteiger partial charge in [-0.2, -0.15) is 0 Å². The molecule has 1 aromatic carbocycles. The predicted molar refractivity (Wildman–Crippen MR) is 111 cm³/mol. The smallest absolute Gasteiger partial charge is 0.236 e. The lowest BCUT2D eigenvalue weighted by Gasteiger charge is -2.36. The van der Waals surface area contributed by atoms with Crippen LogP contribution in [0.25, 0.3) is 0 Å². The zero-order chi connectivity index (χ0) is 20.6. The molecule has 2 saturated heterocycles. The summed E-state index contributed by atoms with van der Waals surface area (Å²) in [6.07, 6.45) is 1.12. The molecule has 29 heavy (non-hydrogen) atoms. The molecular formula is C21H30ClN3O4. The minimum absolute atomic E-state index is 0.127. The van der Waals surface area contributed by atoms with Crippen LogP contribution in [0, 0.1) is 6.92 Å². The summed E-state index contributed by atoms with van der Waals surface area (Å²) >= 11 is 5.95. The highest BCUT2D eigenvalue weighted by Gasteiger charge is 2.25. The van der Waals surface area contributed by atoms with Gasteiger partial charge in [-0.1, -0.05) is 11.6 Å². The van der Waals surface area contributed by atoms with E-state index >= 15 is 0 Å². The van der Waals surface area contributed by atoms with Crippen molar-refractivity contribution in [2.75, 3.05) is 65.6 Å². The molecule has 0 bridgehead atoms. The second-order valence-electron chi connectivity index (χ2n) is 7.51. The second-order valence-corrected chi connectivity index (χ2v) is 7.95. The van der Waals surface area contributed by atoms with Crippen LogP contribution >= 0.6 is 11.6 Å². The molecule has 160 valence electrons. The highest BCUT2D eigenvalue weighted by molar-refractivity contribution is 6.30. The number of carbonyl (C=O) groups excluding carboxylic acids is 2. The summed E-state index contributed by atoms with van der Waals surface area (Å²) in [5.41, 5.74) is 0.988. The molecule has 2 aliphatic heterocycles. The lowest BCUT2D eigenvalue weighted by atomic mass is 10.2. The van der Waals surface area contributed by atoms with E-state index in [9.17, 15) is 9.59 Å². The molecule has 0 saturated carbocycles. The van der Waals surface area contributed by atoms with E-state index in [0.717, 1.165) is 24.4 Å². The van der Waals surface area contributed by atoms with Gasteiger partial charge < -0.3 is 19.3 Å².